The van der Waals surface area contributed by atoms with Crippen molar-refractivity contribution < 1.29 is 20.1 Å². The van der Waals surface area contributed by atoms with Crippen LogP contribution in [0.1, 0.15) is 11.6 Å². The summed E-state index contributed by atoms with van der Waals surface area (Å²) >= 11 is 0. The number of benzene rings is 1. The number of carboxylic acid groups (broad SMARTS) is 1. The standard InChI is InChI=1S/C15H14N2O4/c18-13-5-6-14(19)17(13)12(15(20)21)7-9-8-16-11-4-2-1-3-10(9)11/h1-6,8,12,16,18-19H,7H2,(H,20,21)/t12-/m0/s1. The Kier molecular flexibility index (Phi) is 3.06. The molecule has 0 fully saturated rings. The number of hydrogen-bond acceptors (Lipinski definition) is 3. The van der Waals surface area contributed by atoms with Gasteiger partial charge in [-0.05, 0) is 11.6 Å². The van der Waals surface area contributed by atoms with Crippen molar-refractivity contribution in [3.05, 3.63) is 48.2 Å². The molecule has 3 aromatic rings. The first kappa shape index (κ1) is 13.1. The molecule has 21 heavy (non-hydrogen) atoms. The minimum atomic E-state index is -1.12. The molecule has 0 amide bonds. The van der Waals surface area contributed by atoms with E-state index < -0.39 is 12.0 Å². The molecule has 0 saturated carbocycles. The molecule has 0 spiro atoms. The molecule has 0 bridgehead atoms. The zero-order chi connectivity index (χ0) is 15.0. The second kappa shape index (κ2) is 4.90. The number of carboxylic acids is 1. The highest BCUT2D eigenvalue weighted by atomic mass is 16.4. The van der Waals surface area contributed by atoms with E-state index in [1.807, 2.05) is 24.3 Å². The summed E-state index contributed by atoms with van der Waals surface area (Å²) in [4.78, 5) is 14.6. The number of aromatic amines is 1. The fraction of sp³-hybridized carbons (Fsp3) is 0.133. The van der Waals surface area contributed by atoms with Crippen molar-refractivity contribution in [2.45, 2.75) is 12.5 Å². The average molecular weight is 286 g/mol. The van der Waals surface area contributed by atoms with Crippen LogP contribution in [0.25, 0.3) is 10.9 Å². The van der Waals surface area contributed by atoms with Gasteiger partial charge in [-0.3, -0.25) is 4.57 Å². The monoisotopic (exact) mass is 286 g/mol. The van der Waals surface area contributed by atoms with Gasteiger partial charge < -0.3 is 20.3 Å². The Morgan fingerprint density at radius 1 is 1.14 bits per heavy atom. The average Bonchev–Trinajstić information content (AvgIpc) is 3.01. The Morgan fingerprint density at radius 3 is 2.48 bits per heavy atom. The van der Waals surface area contributed by atoms with Gasteiger partial charge in [0.05, 0.1) is 0 Å². The van der Waals surface area contributed by atoms with Crippen LogP contribution >= 0.6 is 0 Å². The van der Waals surface area contributed by atoms with Crippen molar-refractivity contribution >= 4 is 16.9 Å². The van der Waals surface area contributed by atoms with Crippen LogP contribution in [0, 0.1) is 0 Å². The zero-order valence-corrected chi connectivity index (χ0v) is 11.0. The lowest BCUT2D eigenvalue weighted by molar-refractivity contribution is -0.141. The quantitative estimate of drug-likeness (QED) is 0.591. The number of nitrogens with one attached hydrogen (secondary N) is 1. The molecule has 0 unspecified atom stereocenters. The third-order valence-corrected chi connectivity index (χ3v) is 3.56. The lowest BCUT2D eigenvalue weighted by Crippen LogP contribution is -2.20. The first-order chi connectivity index (χ1) is 10.1. The maximum Gasteiger partial charge on any atom is 0.327 e. The number of H-pyrrole nitrogens is 1. The van der Waals surface area contributed by atoms with E-state index in [2.05, 4.69) is 4.98 Å². The van der Waals surface area contributed by atoms with Crippen LogP contribution in [0.5, 0.6) is 11.8 Å². The van der Waals surface area contributed by atoms with Crippen LogP contribution in [0.3, 0.4) is 0 Å². The summed E-state index contributed by atoms with van der Waals surface area (Å²) in [5.41, 5.74) is 1.73. The molecule has 0 radical (unpaired) electrons. The zero-order valence-electron chi connectivity index (χ0n) is 11.0. The molecule has 1 atom stereocenters. The largest absolute Gasteiger partial charge is 0.494 e. The highest BCUT2D eigenvalue weighted by Gasteiger charge is 2.25. The van der Waals surface area contributed by atoms with Gasteiger partial charge in [0.25, 0.3) is 0 Å². The van der Waals surface area contributed by atoms with Crippen molar-refractivity contribution in [2.24, 2.45) is 0 Å². The summed E-state index contributed by atoms with van der Waals surface area (Å²) in [7, 11) is 0. The van der Waals surface area contributed by atoms with Crippen LogP contribution in [-0.4, -0.2) is 30.8 Å². The number of rotatable bonds is 4. The van der Waals surface area contributed by atoms with Gasteiger partial charge in [-0.1, -0.05) is 18.2 Å². The number of aromatic nitrogens is 2. The topological polar surface area (TPSA) is 98.5 Å². The molecular formula is C15H14N2O4. The van der Waals surface area contributed by atoms with Crippen molar-refractivity contribution in [1.29, 1.82) is 0 Å². The van der Waals surface area contributed by atoms with Crippen LogP contribution in [0.4, 0.5) is 0 Å². The summed E-state index contributed by atoms with van der Waals surface area (Å²) in [6.07, 6.45) is 1.90. The predicted molar refractivity (Wildman–Crippen MR) is 76.4 cm³/mol. The highest BCUT2D eigenvalue weighted by molar-refractivity contribution is 5.84. The Bertz CT molecular complexity index is 783. The van der Waals surface area contributed by atoms with E-state index in [0.717, 1.165) is 21.0 Å². The predicted octanol–water partition coefficient (Wildman–Crippen LogP) is 2.25. The molecule has 0 aliphatic carbocycles. The van der Waals surface area contributed by atoms with E-state index in [1.165, 1.54) is 12.1 Å². The summed E-state index contributed by atoms with van der Waals surface area (Å²) in [6.45, 7) is 0. The minimum absolute atomic E-state index is 0.148. The van der Waals surface area contributed by atoms with Crippen LogP contribution in [-0.2, 0) is 11.2 Å². The minimum Gasteiger partial charge on any atom is -0.494 e. The van der Waals surface area contributed by atoms with E-state index >= 15 is 0 Å². The number of para-hydroxylation sites is 1. The highest BCUT2D eigenvalue weighted by Crippen LogP contribution is 2.30. The second-order valence-corrected chi connectivity index (χ2v) is 4.84. The third-order valence-electron chi connectivity index (χ3n) is 3.56. The van der Waals surface area contributed by atoms with E-state index in [4.69, 9.17) is 0 Å². The number of hydrogen-bond donors (Lipinski definition) is 4. The molecule has 0 aliphatic rings. The molecule has 0 aliphatic heterocycles. The molecule has 108 valence electrons. The molecule has 0 saturated heterocycles. The number of aliphatic carboxylic acids is 1. The molecule has 6 nitrogen and oxygen atoms in total. The first-order valence-electron chi connectivity index (χ1n) is 6.45. The molecule has 3 rings (SSSR count). The Balaban J connectivity index is 2.02. The Morgan fingerprint density at radius 2 is 1.81 bits per heavy atom. The lowest BCUT2D eigenvalue weighted by Gasteiger charge is -2.16. The van der Waals surface area contributed by atoms with Gasteiger partial charge in [0.1, 0.15) is 6.04 Å². The fourth-order valence-electron chi connectivity index (χ4n) is 2.54. The summed E-state index contributed by atoms with van der Waals surface area (Å²) in [6, 6.07) is 9.01. The van der Waals surface area contributed by atoms with Crippen molar-refractivity contribution in [3.8, 4) is 11.8 Å². The van der Waals surface area contributed by atoms with E-state index in [9.17, 15) is 20.1 Å². The molecular weight excluding hydrogens is 272 g/mol. The smallest absolute Gasteiger partial charge is 0.327 e. The van der Waals surface area contributed by atoms with Crippen LogP contribution in [0.2, 0.25) is 0 Å². The Labute approximate surface area is 119 Å². The first-order valence-corrected chi connectivity index (χ1v) is 6.45. The maximum atomic E-state index is 11.5. The van der Waals surface area contributed by atoms with E-state index in [0.29, 0.717) is 0 Å². The van der Waals surface area contributed by atoms with Crippen molar-refractivity contribution in [3.63, 3.8) is 0 Å². The van der Waals surface area contributed by atoms with Crippen molar-refractivity contribution in [2.75, 3.05) is 0 Å². The van der Waals surface area contributed by atoms with Gasteiger partial charge in [0, 0.05) is 35.7 Å². The molecule has 2 aromatic heterocycles. The summed E-state index contributed by atoms with van der Waals surface area (Å²) in [5.74, 6) is -1.68. The van der Waals surface area contributed by atoms with Gasteiger partial charge in [0.2, 0.25) is 0 Å². The normalized spacial score (nSPS) is 12.6. The lowest BCUT2D eigenvalue weighted by atomic mass is 10.0. The Hall–Kier alpha value is -2.89. The van der Waals surface area contributed by atoms with Crippen molar-refractivity contribution in [1.82, 2.24) is 9.55 Å². The fourth-order valence-corrected chi connectivity index (χ4v) is 2.54. The number of fused-ring (bicyclic) bond motifs is 1. The SMILES string of the molecule is O=C(O)[C@H](Cc1c[nH]c2ccccc12)n1c(O)ccc1O. The van der Waals surface area contributed by atoms with Crippen LogP contribution in [0.15, 0.2) is 42.6 Å². The van der Waals surface area contributed by atoms with E-state index in [1.54, 1.807) is 6.20 Å². The number of aromatic hydroxyl groups is 2. The second-order valence-electron chi connectivity index (χ2n) is 4.84. The summed E-state index contributed by atoms with van der Waals surface area (Å²) in [5, 5.41) is 29.8. The molecule has 2 heterocycles. The molecule has 4 N–H and O–H groups in total. The maximum absolute atomic E-state index is 11.5. The molecule has 6 heteroatoms. The van der Waals surface area contributed by atoms with Gasteiger partial charge in [-0.2, -0.15) is 0 Å². The van der Waals surface area contributed by atoms with Crippen LogP contribution < -0.4 is 0 Å². The molecule has 1 aromatic carbocycles. The van der Waals surface area contributed by atoms with Gasteiger partial charge in [-0.25, -0.2) is 4.79 Å². The number of nitrogens with zero attached hydrogens (tertiary/aromatic N) is 1. The summed E-state index contributed by atoms with van der Waals surface area (Å²) < 4.78 is 1.00. The van der Waals surface area contributed by atoms with Gasteiger partial charge in [-0.15, -0.1) is 0 Å². The number of carbonyl (C=O) groups is 1. The van der Waals surface area contributed by atoms with Gasteiger partial charge in [0.15, 0.2) is 11.8 Å². The third kappa shape index (κ3) is 2.20. The van der Waals surface area contributed by atoms with Gasteiger partial charge >= 0.3 is 5.97 Å². The van der Waals surface area contributed by atoms with E-state index in [-0.39, 0.29) is 18.2 Å².